The molecule has 212 valence electrons. The number of methoxy groups -OCH3 is 2. The number of nitrogens with one attached hydrogen (secondary N) is 1. The predicted octanol–water partition coefficient (Wildman–Crippen LogP) is 4.51. The molecule has 0 spiro atoms. The van der Waals surface area contributed by atoms with Crippen molar-refractivity contribution in [3.63, 3.8) is 0 Å². The van der Waals surface area contributed by atoms with Crippen molar-refractivity contribution in [2.24, 2.45) is 0 Å². The van der Waals surface area contributed by atoms with E-state index in [4.69, 9.17) is 23.7 Å². The van der Waals surface area contributed by atoms with Crippen LogP contribution in [-0.2, 0) is 14.3 Å². The van der Waals surface area contributed by atoms with Gasteiger partial charge in [0, 0.05) is 24.8 Å². The third-order valence-electron chi connectivity index (χ3n) is 5.96. The number of hydrogen-bond acceptors (Lipinski definition) is 9. The van der Waals surface area contributed by atoms with Gasteiger partial charge in [-0.05, 0) is 51.5 Å². The molecule has 0 bridgehead atoms. The lowest BCUT2D eigenvalue weighted by atomic mass is 10.0. The highest BCUT2D eigenvalue weighted by molar-refractivity contribution is 5.98. The lowest BCUT2D eigenvalue weighted by Gasteiger charge is -2.28. The van der Waals surface area contributed by atoms with E-state index in [2.05, 4.69) is 10.3 Å². The van der Waals surface area contributed by atoms with Crippen molar-refractivity contribution in [2.45, 2.75) is 52.9 Å². The molecule has 0 saturated carbocycles. The molecule has 3 aromatic rings. The summed E-state index contributed by atoms with van der Waals surface area (Å²) >= 11 is 0. The normalized spacial score (nSPS) is 12.9. The van der Waals surface area contributed by atoms with Crippen LogP contribution in [0.3, 0.4) is 0 Å². The van der Waals surface area contributed by atoms with Crippen LogP contribution in [-0.4, -0.2) is 49.2 Å². The summed E-state index contributed by atoms with van der Waals surface area (Å²) in [5.74, 6) is -0.952. The number of nitrogens with zero attached hydrogens (tertiary/aromatic N) is 1. The second kappa shape index (κ2) is 13.5. The molecule has 0 aliphatic rings. The Morgan fingerprint density at radius 3 is 2.15 bits per heavy atom. The van der Waals surface area contributed by atoms with Gasteiger partial charge in [0.1, 0.15) is 23.6 Å². The Kier molecular flexibility index (Phi) is 10.1. The smallest absolute Gasteiger partial charge is 0.328 e. The molecule has 10 nitrogen and oxygen atoms in total. The average molecular weight is 551 g/mol. The number of rotatable bonds is 11. The lowest BCUT2D eigenvalue weighted by molar-refractivity contribution is -0.154. The van der Waals surface area contributed by atoms with Gasteiger partial charge in [-0.3, -0.25) is 9.59 Å². The third-order valence-corrected chi connectivity index (χ3v) is 5.96. The summed E-state index contributed by atoms with van der Waals surface area (Å²) in [5.41, 5.74) is 2.54. The Hall–Kier alpha value is -4.60. The van der Waals surface area contributed by atoms with Crippen LogP contribution >= 0.6 is 0 Å². The van der Waals surface area contributed by atoms with Gasteiger partial charge >= 0.3 is 11.9 Å². The third kappa shape index (κ3) is 7.49. The van der Waals surface area contributed by atoms with Crippen molar-refractivity contribution in [3.05, 3.63) is 77.1 Å². The zero-order valence-corrected chi connectivity index (χ0v) is 23.6. The van der Waals surface area contributed by atoms with Gasteiger partial charge < -0.3 is 29.0 Å². The first-order valence-electron chi connectivity index (χ1n) is 12.6. The quantitative estimate of drug-likeness (QED) is 0.344. The number of carbonyl (C=O) groups is 3. The van der Waals surface area contributed by atoms with Crippen molar-refractivity contribution in [1.29, 1.82) is 0 Å². The van der Waals surface area contributed by atoms with Gasteiger partial charge in [-0.1, -0.05) is 29.8 Å². The molecule has 1 heterocycles. The van der Waals surface area contributed by atoms with Gasteiger partial charge in [-0.25, -0.2) is 9.78 Å². The minimum Gasteiger partial charge on any atom is -0.496 e. The molecule has 0 saturated heterocycles. The number of carbonyl (C=O) groups excluding carboxylic acids is 3. The maximum absolute atomic E-state index is 13.1. The first-order chi connectivity index (χ1) is 19.0. The van der Waals surface area contributed by atoms with Gasteiger partial charge in [0.25, 0.3) is 5.91 Å². The van der Waals surface area contributed by atoms with E-state index in [1.807, 2.05) is 56.3 Å². The van der Waals surface area contributed by atoms with Crippen LogP contribution in [0.1, 0.15) is 54.1 Å². The molecular formula is C30H34N2O8. The number of pyridine rings is 1. The van der Waals surface area contributed by atoms with E-state index in [-0.39, 0.29) is 17.2 Å². The Labute approximate surface area is 233 Å². The fourth-order valence-corrected chi connectivity index (χ4v) is 3.90. The first-order valence-corrected chi connectivity index (χ1v) is 12.6. The minimum absolute atomic E-state index is 0.141. The van der Waals surface area contributed by atoms with Crippen LogP contribution in [0.5, 0.6) is 23.0 Å². The maximum Gasteiger partial charge on any atom is 0.328 e. The van der Waals surface area contributed by atoms with Crippen molar-refractivity contribution in [3.8, 4) is 23.0 Å². The molecule has 1 aromatic heterocycles. The molecule has 0 unspecified atom stereocenters. The van der Waals surface area contributed by atoms with Crippen LogP contribution < -0.4 is 24.3 Å². The first kappa shape index (κ1) is 29.9. The van der Waals surface area contributed by atoms with E-state index in [0.717, 1.165) is 11.1 Å². The molecule has 1 amide bonds. The number of benzene rings is 2. The van der Waals surface area contributed by atoms with E-state index in [0.29, 0.717) is 17.1 Å². The number of amides is 1. The number of aryl methyl sites for hydroxylation is 2. The Bertz CT molecular complexity index is 1360. The van der Waals surface area contributed by atoms with Crippen molar-refractivity contribution in [1.82, 2.24) is 10.3 Å². The number of hydrogen-bond donors (Lipinski definition) is 1. The molecule has 10 heteroatoms. The SMILES string of the molecule is COc1cc(C)ccc1[C@@H](Oc1ccc(C)cc1)[C@H](C)OC(=O)[C@H](C)NC(=O)c1nccc(OC)c1OC(C)=O. The average Bonchev–Trinajstić information content (AvgIpc) is 2.92. The summed E-state index contributed by atoms with van der Waals surface area (Å²) < 4.78 is 28.0. The van der Waals surface area contributed by atoms with Gasteiger partial charge in [0.15, 0.2) is 17.5 Å². The van der Waals surface area contributed by atoms with E-state index >= 15 is 0 Å². The summed E-state index contributed by atoms with van der Waals surface area (Å²) in [7, 11) is 2.93. The highest BCUT2D eigenvalue weighted by atomic mass is 16.6. The molecule has 40 heavy (non-hydrogen) atoms. The van der Waals surface area contributed by atoms with Crippen LogP contribution in [0, 0.1) is 13.8 Å². The second-order valence-electron chi connectivity index (χ2n) is 9.22. The van der Waals surface area contributed by atoms with Crippen molar-refractivity contribution < 1.29 is 38.1 Å². The Morgan fingerprint density at radius 1 is 0.875 bits per heavy atom. The predicted molar refractivity (Wildman–Crippen MR) is 147 cm³/mol. The molecule has 3 rings (SSSR count). The largest absolute Gasteiger partial charge is 0.496 e. The Morgan fingerprint density at radius 2 is 1.52 bits per heavy atom. The standard InChI is InChI=1S/C30H34N2O8/c1-17-8-11-22(12-9-17)40-27(23-13-10-18(2)16-25(23)37-7)20(4)38-30(35)19(3)32-29(34)26-28(39-21(5)33)24(36-6)14-15-31-26/h8-16,19-20,27H,1-7H3,(H,32,34)/t19-,20-,27-/m0/s1. The molecule has 2 aromatic carbocycles. The van der Waals surface area contributed by atoms with E-state index in [1.54, 1.807) is 14.0 Å². The van der Waals surface area contributed by atoms with Gasteiger partial charge in [-0.2, -0.15) is 0 Å². The summed E-state index contributed by atoms with van der Waals surface area (Å²) in [6, 6.07) is 13.5. The molecule has 0 fully saturated rings. The molecule has 0 radical (unpaired) electrons. The number of aromatic nitrogens is 1. The lowest BCUT2D eigenvalue weighted by Crippen LogP contribution is -2.42. The zero-order valence-electron chi connectivity index (χ0n) is 23.6. The summed E-state index contributed by atoms with van der Waals surface area (Å²) in [6.45, 7) is 8.28. The monoisotopic (exact) mass is 550 g/mol. The van der Waals surface area contributed by atoms with Crippen LogP contribution in [0.4, 0.5) is 0 Å². The van der Waals surface area contributed by atoms with Gasteiger partial charge in [0.2, 0.25) is 5.75 Å². The zero-order chi connectivity index (χ0) is 29.4. The highest BCUT2D eigenvalue weighted by Gasteiger charge is 2.31. The summed E-state index contributed by atoms with van der Waals surface area (Å²) in [5, 5.41) is 2.54. The van der Waals surface area contributed by atoms with E-state index in [9.17, 15) is 14.4 Å². The topological polar surface area (TPSA) is 122 Å². The minimum atomic E-state index is -1.08. The molecule has 0 aliphatic carbocycles. The second-order valence-corrected chi connectivity index (χ2v) is 9.22. The number of esters is 2. The maximum atomic E-state index is 13.1. The molecule has 1 N–H and O–H groups in total. The van der Waals surface area contributed by atoms with Crippen LogP contribution in [0.2, 0.25) is 0 Å². The number of ether oxygens (including phenoxy) is 5. The summed E-state index contributed by atoms with van der Waals surface area (Å²) in [6.07, 6.45) is -0.176. The van der Waals surface area contributed by atoms with Crippen molar-refractivity contribution in [2.75, 3.05) is 14.2 Å². The molecule has 3 atom stereocenters. The highest BCUT2D eigenvalue weighted by Crippen LogP contribution is 2.34. The van der Waals surface area contributed by atoms with Crippen molar-refractivity contribution >= 4 is 17.8 Å². The van der Waals surface area contributed by atoms with Gasteiger partial charge in [0.05, 0.1) is 14.2 Å². The van der Waals surface area contributed by atoms with Crippen LogP contribution in [0.15, 0.2) is 54.7 Å². The fraction of sp³-hybridized carbons (Fsp3) is 0.333. The summed E-state index contributed by atoms with van der Waals surface area (Å²) in [4.78, 5) is 41.7. The van der Waals surface area contributed by atoms with Gasteiger partial charge in [-0.15, -0.1) is 0 Å². The fourth-order valence-electron chi connectivity index (χ4n) is 3.90. The molecule has 0 aliphatic heterocycles. The van der Waals surface area contributed by atoms with Crippen LogP contribution in [0.25, 0.3) is 0 Å². The molecular weight excluding hydrogens is 516 g/mol. The van der Waals surface area contributed by atoms with E-state index < -0.39 is 36.1 Å². The Balaban J connectivity index is 1.81. The van der Waals surface area contributed by atoms with E-state index in [1.165, 1.54) is 33.2 Å².